The van der Waals surface area contributed by atoms with Crippen LogP contribution < -0.4 is 5.32 Å². The molecular formula is C16H26ClN. The van der Waals surface area contributed by atoms with E-state index in [0.717, 1.165) is 11.4 Å². The Kier molecular flexibility index (Phi) is 6.17. The Morgan fingerprint density at radius 1 is 1.28 bits per heavy atom. The SMILES string of the molecule is CNC(CCCC(C)(C)C)Cc1cccc(Cl)c1. The van der Waals surface area contributed by atoms with E-state index in [-0.39, 0.29) is 0 Å². The molecule has 1 rings (SSSR count). The molecule has 18 heavy (non-hydrogen) atoms. The summed E-state index contributed by atoms with van der Waals surface area (Å²) < 4.78 is 0. The van der Waals surface area contributed by atoms with Gasteiger partial charge in [0.25, 0.3) is 0 Å². The number of likely N-dealkylation sites (N-methyl/N-ethyl adjacent to an activating group) is 1. The van der Waals surface area contributed by atoms with Crippen molar-refractivity contribution in [3.8, 4) is 0 Å². The Balaban J connectivity index is 2.42. The summed E-state index contributed by atoms with van der Waals surface area (Å²) in [5.41, 5.74) is 1.76. The highest BCUT2D eigenvalue weighted by Gasteiger charge is 2.12. The fraction of sp³-hybridized carbons (Fsp3) is 0.625. The van der Waals surface area contributed by atoms with Gasteiger partial charge in [0, 0.05) is 11.1 Å². The predicted molar refractivity (Wildman–Crippen MR) is 81.3 cm³/mol. The third kappa shape index (κ3) is 6.42. The highest BCUT2D eigenvalue weighted by atomic mass is 35.5. The normalized spacial score (nSPS) is 13.6. The first-order valence-corrected chi connectivity index (χ1v) is 7.20. The van der Waals surface area contributed by atoms with Crippen molar-refractivity contribution in [2.75, 3.05) is 7.05 Å². The molecule has 1 unspecified atom stereocenters. The summed E-state index contributed by atoms with van der Waals surface area (Å²) >= 11 is 6.02. The van der Waals surface area contributed by atoms with Gasteiger partial charge in [0.2, 0.25) is 0 Å². The molecule has 1 aromatic carbocycles. The van der Waals surface area contributed by atoms with Crippen molar-refractivity contribution < 1.29 is 0 Å². The van der Waals surface area contributed by atoms with Crippen LogP contribution in [-0.4, -0.2) is 13.1 Å². The van der Waals surface area contributed by atoms with Crippen molar-refractivity contribution in [2.45, 2.75) is 52.5 Å². The molecule has 0 aliphatic carbocycles. The standard InChI is InChI=1S/C16H26ClN/c1-16(2,3)10-6-9-15(18-4)12-13-7-5-8-14(17)11-13/h5,7-8,11,15,18H,6,9-10,12H2,1-4H3. The van der Waals surface area contributed by atoms with E-state index >= 15 is 0 Å². The number of halogens is 1. The Labute approximate surface area is 117 Å². The lowest BCUT2D eigenvalue weighted by atomic mass is 9.88. The van der Waals surface area contributed by atoms with Gasteiger partial charge in [0.1, 0.15) is 0 Å². The van der Waals surface area contributed by atoms with Gasteiger partial charge in [0.15, 0.2) is 0 Å². The van der Waals surface area contributed by atoms with Crippen molar-refractivity contribution in [3.63, 3.8) is 0 Å². The van der Waals surface area contributed by atoms with E-state index in [9.17, 15) is 0 Å². The number of rotatable bonds is 6. The Morgan fingerprint density at radius 2 is 2.00 bits per heavy atom. The fourth-order valence-electron chi connectivity index (χ4n) is 2.18. The van der Waals surface area contributed by atoms with E-state index < -0.39 is 0 Å². The van der Waals surface area contributed by atoms with Crippen LogP contribution in [0.3, 0.4) is 0 Å². The van der Waals surface area contributed by atoms with E-state index in [4.69, 9.17) is 11.6 Å². The molecule has 0 spiro atoms. The molecule has 0 fully saturated rings. The first-order valence-electron chi connectivity index (χ1n) is 6.82. The summed E-state index contributed by atoms with van der Waals surface area (Å²) in [6.45, 7) is 6.91. The zero-order chi connectivity index (χ0) is 13.6. The molecule has 0 amide bonds. The molecule has 0 aromatic heterocycles. The van der Waals surface area contributed by atoms with Crippen molar-refractivity contribution in [1.29, 1.82) is 0 Å². The maximum atomic E-state index is 6.02. The van der Waals surface area contributed by atoms with Crippen LogP contribution in [0.15, 0.2) is 24.3 Å². The molecule has 0 aliphatic rings. The highest BCUT2D eigenvalue weighted by molar-refractivity contribution is 6.30. The zero-order valence-electron chi connectivity index (χ0n) is 12.1. The van der Waals surface area contributed by atoms with Crippen LogP contribution in [0.4, 0.5) is 0 Å². The number of hydrogen-bond acceptors (Lipinski definition) is 1. The summed E-state index contributed by atoms with van der Waals surface area (Å²) in [6.07, 6.45) is 4.83. The molecule has 0 heterocycles. The average molecular weight is 268 g/mol. The van der Waals surface area contributed by atoms with Gasteiger partial charge in [-0.2, -0.15) is 0 Å². The van der Waals surface area contributed by atoms with Crippen LogP contribution in [0.2, 0.25) is 5.02 Å². The monoisotopic (exact) mass is 267 g/mol. The quantitative estimate of drug-likeness (QED) is 0.789. The largest absolute Gasteiger partial charge is 0.317 e. The van der Waals surface area contributed by atoms with Crippen molar-refractivity contribution in [1.82, 2.24) is 5.32 Å². The lowest BCUT2D eigenvalue weighted by Gasteiger charge is -2.21. The van der Waals surface area contributed by atoms with Gasteiger partial charge in [-0.05, 0) is 49.4 Å². The maximum absolute atomic E-state index is 6.02. The minimum atomic E-state index is 0.439. The van der Waals surface area contributed by atoms with E-state index in [2.05, 4.69) is 38.2 Å². The fourth-order valence-corrected chi connectivity index (χ4v) is 2.39. The van der Waals surface area contributed by atoms with E-state index in [1.165, 1.54) is 24.8 Å². The van der Waals surface area contributed by atoms with E-state index in [1.54, 1.807) is 0 Å². The number of hydrogen-bond donors (Lipinski definition) is 1. The van der Waals surface area contributed by atoms with Crippen LogP contribution in [0.5, 0.6) is 0 Å². The molecular weight excluding hydrogens is 242 g/mol. The Morgan fingerprint density at radius 3 is 2.56 bits per heavy atom. The summed E-state index contributed by atoms with van der Waals surface area (Å²) in [4.78, 5) is 0. The van der Waals surface area contributed by atoms with E-state index in [0.29, 0.717) is 11.5 Å². The second-order valence-corrected chi connectivity index (χ2v) is 6.71. The molecule has 0 saturated carbocycles. The predicted octanol–water partition coefficient (Wildman–Crippen LogP) is 4.69. The summed E-state index contributed by atoms with van der Waals surface area (Å²) in [5.74, 6) is 0. The van der Waals surface area contributed by atoms with Crippen LogP contribution in [-0.2, 0) is 6.42 Å². The average Bonchev–Trinajstić information content (AvgIpc) is 2.26. The molecule has 0 radical (unpaired) electrons. The molecule has 0 bridgehead atoms. The van der Waals surface area contributed by atoms with Crippen molar-refractivity contribution in [3.05, 3.63) is 34.9 Å². The van der Waals surface area contributed by atoms with Crippen LogP contribution in [0.25, 0.3) is 0 Å². The van der Waals surface area contributed by atoms with Gasteiger partial charge in [-0.15, -0.1) is 0 Å². The van der Waals surface area contributed by atoms with Crippen molar-refractivity contribution in [2.24, 2.45) is 5.41 Å². The summed E-state index contributed by atoms with van der Waals surface area (Å²) in [6, 6.07) is 8.72. The molecule has 1 atom stereocenters. The minimum absolute atomic E-state index is 0.439. The second-order valence-electron chi connectivity index (χ2n) is 6.27. The molecule has 1 aromatic rings. The van der Waals surface area contributed by atoms with Crippen molar-refractivity contribution >= 4 is 11.6 Å². The van der Waals surface area contributed by atoms with Crippen LogP contribution in [0.1, 0.15) is 45.6 Å². The molecule has 0 saturated heterocycles. The van der Waals surface area contributed by atoms with Crippen LogP contribution in [0, 0.1) is 5.41 Å². The lowest BCUT2D eigenvalue weighted by molar-refractivity contribution is 0.345. The summed E-state index contributed by atoms with van der Waals surface area (Å²) in [7, 11) is 2.05. The van der Waals surface area contributed by atoms with Gasteiger partial charge < -0.3 is 5.32 Å². The molecule has 2 heteroatoms. The maximum Gasteiger partial charge on any atom is 0.0408 e. The molecule has 1 N–H and O–H groups in total. The number of benzene rings is 1. The van der Waals surface area contributed by atoms with Gasteiger partial charge >= 0.3 is 0 Å². The van der Waals surface area contributed by atoms with Crippen LogP contribution >= 0.6 is 11.6 Å². The Hall–Kier alpha value is -0.530. The van der Waals surface area contributed by atoms with Gasteiger partial charge in [-0.1, -0.05) is 50.9 Å². The molecule has 0 aliphatic heterocycles. The lowest BCUT2D eigenvalue weighted by Crippen LogP contribution is -2.27. The minimum Gasteiger partial charge on any atom is -0.317 e. The van der Waals surface area contributed by atoms with Gasteiger partial charge in [-0.3, -0.25) is 0 Å². The third-order valence-electron chi connectivity index (χ3n) is 3.26. The first-order chi connectivity index (χ1) is 8.40. The third-order valence-corrected chi connectivity index (χ3v) is 3.49. The zero-order valence-corrected chi connectivity index (χ0v) is 12.8. The van der Waals surface area contributed by atoms with Gasteiger partial charge in [0.05, 0.1) is 0 Å². The highest BCUT2D eigenvalue weighted by Crippen LogP contribution is 2.22. The smallest absolute Gasteiger partial charge is 0.0408 e. The summed E-state index contributed by atoms with van der Waals surface area (Å²) in [5, 5.41) is 4.24. The first kappa shape index (κ1) is 15.5. The molecule has 102 valence electrons. The topological polar surface area (TPSA) is 12.0 Å². The number of nitrogens with one attached hydrogen (secondary N) is 1. The Bertz CT molecular complexity index is 354. The van der Waals surface area contributed by atoms with Gasteiger partial charge in [-0.25, -0.2) is 0 Å². The molecule has 1 nitrogen and oxygen atoms in total. The second kappa shape index (κ2) is 7.16. The van der Waals surface area contributed by atoms with E-state index in [1.807, 2.05) is 19.2 Å².